The summed E-state index contributed by atoms with van der Waals surface area (Å²) in [7, 11) is 0. The molecule has 0 spiro atoms. The van der Waals surface area contributed by atoms with Gasteiger partial charge < -0.3 is 5.32 Å². The number of hydrogen-bond acceptors (Lipinski definition) is 3. The fourth-order valence-corrected chi connectivity index (χ4v) is 4.05. The number of para-hydroxylation sites is 3. The fourth-order valence-electron chi connectivity index (χ4n) is 2.82. The Morgan fingerprint density at radius 1 is 1.00 bits per heavy atom. The molecule has 0 fully saturated rings. The van der Waals surface area contributed by atoms with Gasteiger partial charge in [-0.15, -0.1) is 0 Å². The molecule has 1 N–H and O–H groups in total. The van der Waals surface area contributed by atoms with Gasteiger partial charge in [0, 0.05) is 15.8 Å². The van der Waals surface area contributed by atoms with Gasteiger partial charge in [-0.05, 0) is 42.5 Å². The Morgan fingerprint density at radius 3 is 2.59 bits per heavy atom. The summed E-state index contributed by atoms with van der Waals surface area (Å²) in [6.45, 7) is 0. The van der Waals surface area contributed by atoms with Crippen molar-refractivity contribution in [3.05, 3.63) is 83.3 Å². The molecule has 0 unspecified atom stereocenters. The zero-order valence-corrected chi connectivity index (χ0v) is 16.7. The number of carbonyl (C=O) groups is 1. The normalized spacial score (nSPS) is 10.9. The van der Waals surface area contributed by atoms with Crippen LogP contribution in [0.3, 0.4) is 0 Å². The van der Waals surface area contributed by atoms with E-state index in [4.69, 9.17) is 4.98 Å². The molecular formula is C21H16BrN3OS. The number of anilines is 1. The van der Waals surface area contributed by atoms with E-state index in [1.54, 1.807) is 0 Å². The summed E-state index contributed by atoms with van der Waals surface area (Å²) >= 11 is 4.84. The van der Waals surface area contributed by atoms with Crippen molar-refractivity contribution in [1.82, 2.24) is 9.55 Å². The molecule has 4 aromatic rings. The van der Waals surface area contributed by atoms with Gasteiger partial charge in [-0.2, -0.15) is 0 Å². The highest BCUT2D eigenvalue weighted by Gasteiger charge is 2.14. The van der Waals surface area contributed by atoms with Crippen LogP contribution in [0.15, 0.2) is 88.5 Å². The minimum absolute atomic E-state index is 0.0650. The summed E-state index contributed by atoms with van der Waals surface area (Å²) in [6, 6.07) is 25.6. The second-order valence-electron chi connectivity index (χ2n) is 5.90. The number of imidazole rings is 1. The second-order valence-corrected chi connectivity index (χ2v) is 7.76. The third-order valence-corrected chi connectivity index (χ3v) is 5.42. The Balaban J connectivity index is 1.58. The number of nitrogens with one attached hydrogen (secondary N) is 1. The average molecular weight is 438 g/mol. The molecule has 27 heavy (non-hydrogen) atoms. The molecule has 0 aliphatic carbocycles. The lowest BCUT2D eigenvalue weighted by Gasteiger charge is -2.09. The Kier molecular flexibility index (Phi) is 5.27. The lowest BCUT2D eigenvalue weighted by molar-refractivity contribution is -0.113. The number of hydrogen-bond donors (Lipinski definition) is 1. The second kappa shape index (κ2) is 7.98. The van der Waals surface area contributed by atoms with E-state index in [1.807, 2.05) is 78.9 Å². The number of thioether (sulfide) groups is 1. The van der Waals surface area contributed by atoms with E-state index in [0.717, 1.165) is 32.0 Å². The SMILES string of the molecule is O=C(CSc1nc2ccccc2n1-c1ccccc1)Nc1cccc(Br)c1. The van der Waals surface area contributed by atoms with Crippen molar-refractivity contribution < 1.29 is 4.79 Å². The minimum atomic E-state index is -0.0650. The molecular weight excluding hydrogens is 422 g/mol. The molecule has 3 aromatic carbocycles. The molecule has 6 heteroatoms. The van der Waals surface area contributed by atoms with Gasteiger partial charge in [-0.25, -0.2) is 4.98 Å². The predicted octanol–water partition coefficient (Wildman–Crippen LogP) is 5.52. The van der Waals surface area contributed by atoms with Crippen LogP contribution >= 0.6 is 27.7 Å². The Hall–Kier alpha value is -2.57. The predicted molar refractivity (Wildman–Crippen MR) is 115 cm³/mol. The number of aromatic nitrogens is 2. The van der Waals surface area contributed by atoms with E-state index >= 15 is 0 Å². The summed E-state index contributed by atoms with van der Waals surface area (Å²) in [5.74, 6) is 0.215. The van der Waals surface area contributed by atoms with Gasteiger partial charge in [-0.3, -0.25) is 9.36 Å². The standard InChI is InChI=1S/C21H16BrN3OS/c22-15-7-6-8-16(13-15)23-20(26)14-27-21-24-18-11-4-5-12-19(18)25(21)17-9-2-1-3-10-17/h1-13H,14H2,(H,23,26). The van der Waals surface area contributed by atoms with Gasteiger partial charge in [0.05, 0.1) is 16.8 Å². The van der Waals surface area contributed by atoms with Crippen molar-refractivity contribution in [3.8, 4) is 5.69 Å². The third kappa shape index (κ3) is 4.07. The monoisotopic (exact) mass is 437 g/mol. The van der Waals surface area contributed by atoms with Crippen LogP contribution in [0.1, 0.15) is 0 Å². The largest absolute Gasteiger partial charge is 0.325 e. The number of carbonyl (C=O) groups excluding carboxylic acids is 1. The first-order valence-electron chi connectivity index (χ1n) is 8.42. The molecule has 1 heterocycles. The van der Waals surface area contributed by atoms with Gasteiger partial charge in [0.15, 0.2) is 5.16 Å². The molecule has 134 valence electrons. The molecule has 0 aliphatic rings. The number of halogens is 1. The zero-order valence-electron chi connectivity index (χ0n) is 14.3. The van der Waals surface area contributed by atoms with Gasteiger partial charge in [0.2, 0.25) is 5.91 Å². The first-order valence-corrected chi connectivity index (χ1v) is 10.2. The highest BCUT2D eigenvalue weighted by molar-refractivity contribution is 9.10. The van der Waals surface area contributed by atoms with Gasteiger partial charge in [-0.1, -0.05) is 64.1 Å². The topological polar surface area (TPSA) is 46.9 Å². The van der Waals surface area contributed by atoms with Crippen LogP contribution in [0, 0.1) is 0 Å². The molecule has 0 saturated carbocycles. The molecule has 0 radical (unpaired) electrons. The zero-order chi connectivity index (χ0) is 18.6. The van der Waals surface area contributed by atoms with E-state index in [-0.39, 0.29) is 11.7 Å². The van der Waals surface area contributed by atoms with Crippen LogP contribution in [0.2, 0.25) is 0 Å². The van der Waals surface area contributed by atoms with E-state index < -0.39 is 0 Å². The molecule has 1 amide bonds. The minimum Gasteiger partial charge on any atom is -0.325 e. The van der Waals surface area contributed by atoms with Crippen LogP contribution < -0.4 is 5.32 Å². The maximum Gasteiger partial charge on any atom is 0.234 e. The highest BCUT2D eigenvalue weighted by Crippen LogP contribution is 2.28. The van der Waals surface area contributed by atoms with E-state index in [1.165, 1.54) is 11.8 Å². The quantitative estimate of drug-likeness (QED) is 0.418. The first kappa shape index (κ1) is 17.8. The highest BCUT2D eigenvalue weighted by atomic mass is 79.9. The number of amides is 1. The van der Waals surface area contributed by atoms with Crippen LogP contribution in [-0.2, 0) is 4.79 Å². The van der Waals surface area contributed by atoms with Crippen molar-refractivity contribution in [2.75, 3.05) is 11.1 Å². The molecule has 4 nitrogen and oxygen atoms in total. The molecule has 0 aliphatic heterocycles. The summed E-state index contributed by atoms with van der Waals surface area (Å²) in [5, 5.41) is 3.72. The summed E-state index contributed by atoms with van der Waals surface area (Å²) < 4.78 is 3.02. The van der Waals surface area contributed by atoms with E-state index in [0.29, 0.717) is 0 Å². The Morgan fingerprint density at radius 2 is 1.78 bits per heavy atom. The van der Waals surface area contributed by atoms with Crippen molar-refractivity contribution in [2.45, 2.75) is 5.16 Å². The Bertz CT molecular complexity index is 1090. The average Bonchev–Trinajstić information content (AvgIpc) is 3.05. The van der Waals surface area contributed by atoms with E-state index in [9.17, 15) is 4.79 Å². The van der Waals surface area contributed by atoms with Crippen molar-refractivity contribution in [2.24, 2.45) is 0 Å². The van der Waals surface area contributed by atoms with Crippen molar-refractivity contribution >= 4 is 50.3 Å². The van der Waals surface area contributed by atoms with Crippen molar-refractivity contribution in [3.63, 3.8) is 0 Å². The summed E-state index contributed by atoms with van der Waals surface area (Å²) in [5.41, 5.74) is 3.74. The smallest absolute Gasteiger partial charge is 0.234 e. The lowest BCUT2D eigenvalue weighted by atomic mass is 10.3. The summed E-state index contributed by atoms with van der Waals surface area (Å²) in [6.07, 6.45) is 0. The first-order chi connectivity index (χ1) is 13.2. The van der Waals surface area contributed by atoms with Crippen LogP contribution in [0.25, 0.3) is 16.7 Å². The number of fused-ring (bicyclic) bond motifs is 1. The fraction of sp³-hybridized carbons (Fsp3) is 0.0476. The summed E-state index contributed by atoms with van der Waals surface area (Å²) in [4.78, 5) is 17.1. The Labute approximate surface area is 169 Å². The number of nitrogens with zero attached hydrogens (tertiary/aromatic N) is 2. The van der Waals surface area contributed by atoms with Gasteiger partial charge >= 0.3 is 0 Å². The maximum atomic E-state index is 12.4. The van der Waals surface area contributed by atoms with E-state index in [2.05, 4.69) is 25.8 Å². The van der Waals surface area contributed by atoms with Crippen molar-refractivity contribution in [1.29, 1.82) is 0 Å². The van der Waals surface area contributed by atoms with Crippen LogP contribution in [0.4, 0.5) is 5.69 Å². The molecule has 0 saturated heterocycles. The molecule has 0 bridgehead atoms. The third-order valence-electron chi connectivity index (χ3n) is 3.99. The molecule has 0 atom stereocenters. The lowest BCUT2D eigenvalue weighted by Crippen LogP contribution is -2.14. The van der Waals surface area contributed by atoms with Gasteiger partial charge in [0.25, 0.3) is 0 Å². The molecule has 1 aromatic heterocycles. The number of benzene rings is 3. The van der Waals surface area contributed by atoms with Crippen LogP contribution in [0.5, 0.6) is 0 Å². The van der Waals surface area contributed by atoms with Crippen LogP contribution in [-0.4, -0.2) is 21.2 Å². The molecule has 4 rings (SSSR count). The maximum absolute atomic E-state index is 12.4. The number of rotatable bonds is 5. The van der Waals surface area contributed by atoms with Gasteiger partial charge in [0.1, 0.15) is 0 Å².